The molecule has 21 heavy (non-hydrogen) atoms. The first-order chi connectivity index (χ1) is 9.73. The van der Waals surface area contributed by atoms with Gasteiger partial charge in [0.15, 0.2) is 0 Å². The van der Waals surface area contributed by atoms with Gasteiger partial charge in [-0.15, -0.1) is 0 Å². The van der Waals surface area contributed by atoms with E-state index in [9.17, 15) is 13.5 Å². The molecule has 1 saturated heterocycles. The molecule has 8 heteroatoms. The number of sulfonamides is 1. The number of nitrogens with two attached hydrogens (primary N) is 1. The smallest absolute Gasteiger partial charge is 0.247 e. The molecule has 0 amide bonds. The highest BCUT2D eigenvalue weighted by Gasteiger charge is 2.41. The summed E-state index contributed by atoms with van der Waals surface area (Å²) in [7, 11) is -0.117. The van der Waals surface area contributed by atoms with Gasteiger partial charge in [0.05, 0.1) is 16.8 Å². The third-order valence-corrected chi connectivity index (χ3v) is 5.95. The largest absolute Gasteiger partial charge is 0.398 e. The standard InChI is InChI=1S/C13H20ClN3O3S/c1-16(2)7-9-6-10(18)8-17(9)21(19,20)13-11(14)4-3-5-12(13)15/h3-5,9-10,18H,6-8,15H2,1-2H3. The first kappa shape index (κ1) is 16.5. The van der Waals surface area contributed by atoms with Crippen molar-refractivity contribution in [3.63, 3.8) is 0 Å². The summed E-state index contributed by atoms with van der Waals surface area (Å²) in [5.41, 5.74) is 5.91. The average molecular weight is 334 g/mol. The summed E-state index contributed by atoms with van der Waals surface area (Å²) in [4.78, 5) is 1.81. The fourth-order valence-corrected chi connectivity index (χ4v) is 4.96. The number of nitrogen functional groups attached to an aromatic ring is 1. The van der Waals surface area contributed by atoms with Crippen LogP contribution in [0, 0.1) is 0 Å². The molecule has 0 radical (unpaired) electrons. The van der Waals surface area contributed by atoms with Crippen molar-refractivity contribution in [2.75, 3.05) is 32.9 Å². The van der Waals surface area contributed by atoms with Gasteiger partial charge in [0.1, 0.15) is 4.90 Å². The Morgan fingerprint density at radius 2 is 2.14 bits per heavy atom. The van der Waals surface area contributed by atoms with Crippen molar-refractivity contribution in [3.8, 4) is 0 Å². The second kappa shape index (κ2) is 6.10. The van der Waals surface area contributed by atoms with Crippen molar-refractivity contribution >= 4 is 27.3 Å². The molecule has 3 N–H and O–H groups in total. The van der Waals surface area contributed by atoms with E-state index in [1.165, 1.54) is 16.4 Å². The second-order valence-electron chi connectivity index (χ2n) is 5.54. The van der Waals surface area contributed by atoms with Crippen molar-refractivity contribution in [1.29, 1.82) is 0 Å². The molecule has 1 aromatic carbocycles. The van der Waals surface area contributed by atoms with E-state index in [0.717, 1.165) is 0 Å². The Morgan fingerprint density at radius 3 is 2.71 bits per heavy atom. The van der Waals surface area contributed by atoms with Crippen LogP contribution in [0.2, 0.25) is 5.02 Å². The van der Waals surface area contributed by atoms with Gasteiger partial charge in [-0.25, -0.2) is 8.42 Å². The van der Waals surface area contributed by atoms with Gasteiger partial charge in [0.2, 0.25) is 10.0 Å². The van der Waals surface area contributed by atoms with Crippen LogP contribution in [0.15, 0.2) is 23.1 Å². The Labute approximate surface area is 130 Å². The maximum atomic E-state index is 12.8. The molecule has 1 fully saturated rings. The van der Waals surface area contributed by atoms with Crippen LogP contribution in [0.4, 0.5) is 5.69 Å². The topological polar surface area (TPSA) is 86.9 Å². The van der Waals surface area contributed by atoms with E-state index in [2.05, 4.69) is 0 Å². The molecule has 2 rings (SSSR count). The first-order valence-electron chi connectivity index (χ1n) is 6.62. The van der Waals surface area contributed by atoms with Crippen LogP contribution >= 0.6 is 11.6 Å². The zero-order valence-corrected chi connectivity index (χ0v) is 13.6. The number of hydrogen-bond donors (Lipinski definition) is 2. The zero-order chi connectivity index (χ0) is 15.8. The SMILES string of the molecule is CN(C)CC1CC(O)CN1S(=O)(=O)c1c(N)cccc1Cl. The van der Waals surface area contributed by atoms with Gasteiger partial charge >= 0.3 is 0 Å². The van der Waals surface area contributed by atoms with E-state index in [0.29, 0.717) is 13.0 Å². The molecule has 0 aliphatic carbocycles. The lowest BCUT2D eigenvalue weighted by atomic mass is 10.2. The second-order valence-corrected chi connectivity index (χ2v) is 7.77. The molecule has 6 nitrogen and oxygen atoms in total. The van der Waals surface area contributed by atoms with Gasteiger partial charge in [0, 0.05) is 19.1 Å². The monoisotopic (exact) mass is 333 g/mol. The van der Waals surface area contributed by atoms with E-state index >= 15 is 0 Å². The summed E-state index contributed by atoms with van der Waals surface area (Å²) in [6, 6.07) is 4.31. The van der Waals surface area contributed by atoms with E-state index < -0.39 is 16.1 Å². The minimum absolute atomic E-state index is 0.0610. The van der Waals surface area contributed by atoms with E-state index in [1.54, 1.807) is 6.07 Å². The lowest BCUT2D eigenvalue weighted by Crippen LogP contribution is -2.41. The van der Waals surface area contributed by atoms with Gasteiger partial charge in [-0.1, -0.05) is 17.7 Å². The summed E-state index contributed by atoms with van der Waals surface area (Å²) >= 11 is 6.02. The Balaban J connectivity index is 2.42. The highest BCUT2D eigenvalue weighted by atomic mass is 35.5. The number of aliphatic hydroxyl groups excluding tert-OH is 1. The first-order valence-corrected chi connectivity index (χ1v) is 8.44. The van der Waals surface area contributed by atoms with Crippen LogP contribution in [0.5, 0.6) is 0 Å². The summed E-state index contributed by atoms with van der Waals surface area (Å²) in [6.45, 7) is 0.589. The molecular formula is C13H20ClN3O3S. The predicted octanol–water partition coefficient (Wildman–Crippen LogP) is 0.608. The molecule has 1 aliphatic rings. The number of halogens is 1. The number of hydrogen-bond acceptors (Lipinski definition) is 5. The van der Waals surface area contributed by atoms with Crippen molar-refractivity contribution < 1.29 is 13.5 Å². The molecule has 1 aromatic rings. The maximum absolute atomic E-state index is 12.8. The van der Waals surface area contributed by atoms with Crippen molar-refractivity contribution in [3.05, 3.63) is 23.2 Å². The molecule has 0 saturated carbocycles. The average Bonchev–Trinajstić information content (AvgIpc) is 2.69. The van der Waals surface area contributed by atoms with E-state index in [1.807, 2.05) is 19.0 Å². The highest BCUT2D eigenvalue weighted by Crippen LogP contribution is 2.33. The van der Waals surface area contributed by atoms with Crippen LogP contribution in [-0.2, 0) is 10.0 Å². The molecule has 2 atom stereocenters. The quantitative estimate of drug-likeness (QED) is 0.788. The summed E-state index contributed by atoms with van der Waals surface area (Å²) in [6.07, 6.45) is -0.268. The lowest BCUT2D eigenvalue weighted by Gasteiger charge is -2.26. The van der Waals surface area contributed by atoms with Crippen molar-refractivity contribution in [2.24, 2.45) is 0 Å². The van der Waals surface area contributed by atoms with Gasteiger partial charge in [-0.3, -0.25) is 0 Å². The van der Waals surface area contributed by atoms with Crippen molar-refractivity contribution in [2.45, 2.75) is 23.5 Å². The molecule has 0 spiro atoms. The molecular weight excluding hydrogens is 314 g/mol. The molecule has 0 bridgehead atoms. The third kappa shape index (κ3) is 3.32. The van der Waals surface area contributed by atoms with Gasteiger partial charge in [-0.05, 0) is 32.6 Å². The Kier molecular flexibility index (Phi) is 4.79. The number of anilines is 1. The van der Waals surface area contributed by atoms with Crippen molar-refractivity contribution in [1.82, 2.24) is 9.21 Å². The van der Waals surface area contributed by atoms with E-state index in [-0.39, 0.29) is 28.2 Å². The lowest BCUT2D eigenvalue weighted by molar-refractivity contribution is 0.188. The Morgan fingerprint density at radius 1 is 1.48 bits per heavy atom. The number of aliphatic hydroxyl groups is 1. The molecule has 1 heterocycles. The number of rotatable bonds is 4. The number of benzene rings is 1. The van der Waals surface area contributed by atoms with E-state index in [4.69, 9.17) is 17.3 Å². The number of likely N-dealkylation sites (N-methyl/N-ethyl adjacent to an activating group) is 1. The van der Waals surface area contributed by atoms with Crippen LogP contribution in [0.1, 0.15) is 6.42 Å². The fraction of sp³-hybridized carbons (Fsp3) is 0.538. The normalized spacial score (nSPS) is 23.9. The molecule has 118 valence electrons. The molecule has 0 aromatic heterocycles. The Hall–Kier alpha value is -0.860. The number of β-amino-alcohol motifs (C(OH)–C–C–N with tert-alkyl or cyclic N) is 1. The van der Waals surface area contributed by atoms with Crippen LogP contribution in [-0.4, -0.2) is 62.1 Å². The third-order valence-electron chi connectivity index (χ3n) is 3.48. The Bertz CT molecular complexity index is 601. The summed E-state index contributed by atoms with van der Waals surface area (Å²) < 4.78 is 27.0. The fourth-order valence-electron chi connectivity index (χ4n) is 2.66. The highest BCUT2D eigenvalue weighted by molar-refractivity contribution is 7.89. The van der Waals surface area contributed by atoms with Crippen LogP contribution in [0.3, 0.4) is 0 Å². The minimum atomic E-state index is -3.84. The van der Waals surface area contributed by atoms with Gasteiger partial charge < -0.3 is 15.7 Å². The maximum Gasteiger partial charge on any atom is 0.247 e. The van der Waals surface area contributed by atoms with Gasteiger partial charge in [0.25, 0.3) is 0 Å². The summed E-state index contributed by atoms with van der Waals surface area (Å²) in [5.74, 6) is 0. The van der Waals surface area contributed by atoms with Gasteiger partial charge in [-0.2, -0.15) is 4.31 Å². The molecule has 2 unspecified atom stereocenters. The summed E-state index contributed by atoms with van der Waals surface area (Å²) in [5, 5.41) is 9.94. The minimum Gasteiger partial charge on any atom is -0.398 e. The predicted molar refractivity (Wildman–Crippen MR) is 82.7 cm³/mol. The molecule has 1 aliphatic heterocycles. The van der Waals surface area contributed by atoms with Crippen LogP contribution < -0.4 is 5.73 Å². The zero-order valence-electron chi connectivity index (χ0n) is 12.0. The van der Waals surface area contributed by atoms with Crippen LogP contribution in [0.25, 0.3) is 0 Å². The number of nitrogens with zero attached hydrogens (tertiary/aromatic N) is 2.